The Morgan fingerprint density at radius 3 is 2.95 bits per heavy atom. The number of carbonyl (C=O) groups excluding carboxylic acids is 1. The van der Waals surface area contributed by atoms with Gasteiger partial charge < -0.3 is 19.1 Å². The van der Waals surface area contributed by atoms with E-state index in [1.165, 1.54) is 0 Å². The Labute approximate surface area is 113 Å². The van der Waals surface area contributed by atoms with Crippen LogP contribution in [0.5, 0.6) is 0 Å². The Balaban J connectivity index is 1.90. The molecule has 0 amide bonds. The third-order valence-electron chi connectivity index (χ3n) is 3.60. The van der Waals surface area contributed by atoms with E-state index in [0.29, 0.717) is 24.8 Å². The summed E-state index contributed by atoms with van der Waals surface area (Å²) in [6.07, 6.45) is 1.81. The summed E-state index contributed by atoms with van der Waals surface area (Å²) in [4.78, 5) is 19.9. The maximum absolute atomic E-state index is 10.9. The molecule has 0 aromatic carbocycles. The van der Waals surface area contributed by atoms with Crippen molar-refractivity contribution in [3.05, 3.63) is 11.7 Å². The summed E-state index contributed by atoms with van der Waals surface area (Å²) >= 11 is 0. The summed E-state index contributed by atoms with van der Waals surface area (Å²) < 4.78 is 5.17. The molecule has 2 rings (SSSR count). The fourth-order valence-corrected chi connectivity index (χ4v) is 2.29. The smallest absolute Gasteiger partial charge is 0.227 e. The van der Waals surface area contributed by atoms with E-state index in [-0.39, 0.29) is 5.78 Å². The zero-order valence-electron chi connectivity index (χ0n) is 11.9. The number of carbonyl (C=O) groups is 1. The van der Waals surface area contributed by atoms with E-state index in [4.69, 9.17) is 4.52 Å². The number of piperazine rings is 1. The molecule has 6 heteroatoms. The molecule has 1 atom stereocenters. The number of rotatable bonds is 5. The average Bonchev–Trinajstić information content (AvgIpc) is 2.79. The number of nitrogens with zero attached hydrogens (tertiary/aromatic N) is 4. The molecule has 1 aromatic rings. The molecule has 0 saturated carbocycles. The highest BCUT2D eigenvalue weighted by atomic mass is 16.5. The lowest BCUT2D eigenvalue weighted by atomic mass is 10.1. The number of aromatic nitrogens is 2. The van der Waals surface area contributed by atoms with Gasteiger partial charge >= 0.3 is 0 Å². The van der Waals surface area contributed by atoms with Crippen molar-refractivity contribution in [2.45, 2.75) is 32.2 Å². The molecule has 0 spiro atoms. The molecule has 0 N–H and O–H groups in total. The topological polar surface area (TPSA) is 62.5 Å². The minimum Gasteiger partial charge on any atom is -0.339 e. The minimum atomic E-state index is 0.147. The predicted octanol–water partition coefficient (Wildman–Crippen LogP) is 0.380. The predicted molar refractivity (Wildman–Crippen MR) is 70.9 cm³/mol. The van der Waals surface area contributed by atoms with Crippen molar-refractivity contribution in [3.63, 3.8) is 0 Å². The molecule has 19 heavy (non-hydrogen) atoms. The van der Waals surface area contributed by atoms with E-state index in [0.717, 1.165) is 31.9 Å². The van der Waals surface area contributed by atoms with Crippen LogP contribution in [0.2, 0.25) is 0 Å². The van der Waals surface area contributed by atoms with E-state index in [1.807, 2.05) is 0 Å². The van der Waals surface area contributed by atoms with Crippen LogP contribution in [0.1, 0.15) is 25.1 Å². The van der Waals surface area contributed by atoms with Gasteiger partial charge in [-0.1, -0.05) is 5.16 Å². The number of hydrogen-bond donors (Lipinski definition) is 0. The Bertz CT molecular complexity index is 432. The van der Waals surface area contributed by atoms with Gasteiger partial charge in [-0.15, -0.1) is 0 Å². The second kappa shape index (κ2) is 6.25. The van der Waals surface area contributed by atoms with Gasteiger partial charge in [-0.2, -0.15) is 4.98 Å². The molecule has 1 saturated heterocycles. The molecule has 1 aromatic heterocycles. The molecular weight excluding hydrogens is 244 g/mol. The average molecular weight is 266 g/mol. The highest BCUT2D eigenvalue weighted by Crippen LogP contribution is 2.11. The quantitative estimate of drug-likeness (QED) is 0.768. The number of aryl methyl sites for hydroxylation is 1. The van der Waals surface area contributed by atoms with Crippen molar-refractivity contribution < 1.29 is 9.32 Å². The second-order valence-electron chi connectivity index (χ2n) is 5.41. The van der Waals surface area contributed by atoms with Crippen LogP contribution in [0.15, 0.2) is 4.52 Å². The summed E-state index contributed by atoms with van der Waals surface area (Å²) in [5, 5.41) is 4.01. The van der Waals surface area contributed by atoms with Crippen LogP contribution in [0, 0.1) is 0 Å². The normalized spacial score (nSPS) is 21.7. The Morgan fingerprint density at radius 2 is 2.21 bits per heavy atom. The summed E-state index contributed by atoms with van der Waals surface area (Å²) in [5.41, 5.74) is 0. The molecule has 6 nitrogen and oxygen atoms in total. The maximum atomic E-state index is 10.9. The fourth-order valence-electron chi connectivity index (χ4n) is 2.29. The van der Waals surface area contributed by atoms with Crippen molar-refractivity contribution in [2.75, 3.05) is 33.7 Å². The van der Waals surface area contributed by atoms with Crippen LogP contribution >= 0.6 is 0 Å². The molecule has 106 valence electrons. The zero-order valence-corrected chi connectivity index (χ0v) is 11.9. The molecule has 0 bridgehead atoms. The first-order valence-electron chi connectivity index (χ1n) is 6.74. The van der Waals surface area contributed by atoms with Gasteiger partial charge in [0.05, 0.1) is 0 Å². The van der Waals surface area contributed by atoms with E-state index < -0.39 is 0 Å². The van der Waals surface area contributed by atoms with Crippen molar-refractivity contribution >= 4 is 5.78 Å². The van der Waals surface area contributed by atoms with Gasteiger partial charge in [-0.25, -0.2) is 0 Å². The monoisotopic (exact) mass is 266 g/mol. The molecule has 1 aliphatic rings. The maximum Gasteiger partial charge on any atom is 0.227 e. The summed E-state index contributed by atoms with van der Waals surface area (Å²) in [6.45, 7) is 4.76. The first-order valence-corrected chi connectivity index (χ1v) is 6.74. The summed E-state index contributed by atoms with van der Waals surface area (Å²) in [5.74, 6) is 1.45. The fraction of sp³-hybridized carbons (Fsp3) is 0.769. The highest BCUT2D eigenvalue weighted by molar-refractivity contribution is 5.75. The van der Waals surface area contributed by atoms with Gasteiger partial charge in [-0.3, -0.25) is 0 Å². The van der Waals surface area contributed by atoms with Crippen LogP contribution in [0.4, 0.5) is 0 Å². The van der Waals surface area contributed by atoms with Crippen molar-refractivity contribution in [1.82, 2.24) is 19.9 Å². The van der Waals surface area contributed by atoms with E-state index in [2.05, 4.69) is 34.0 Å². The Hall–Kier alpha value is -1.27. The first kappa shape index (κ1) is 14.1. The highest BCUT2D eigenvalue weighted by Gasteiger charge is 2.24. The SMILES string of the molecule is CC(=O)CCc1nc(CC2CN(C)CCN2C)no1. The van der Waals surface area contributed by atoms with E-state index in [9.17, 15) is 4.79 Å². The Morgan fingerprint density at radius 1 is 1.42 bits per heavy atom. The lowest BCUT2D eigenvalue weighted by Crippen LogP contribution is -2.50. The van der Waals surface area contributed by atoms with Gasteiger partial charge in [0.25, 0.3) is 0 Å². The third kappa shape index (κ3) is 4.11. The minimum absolute atomic E-state index is 0.147. The van der Waals surface area contributed by atoms with E-state index >= 15 is 0 Å². The van der Waals surface area contributed by atoms with Crippen molar-refractivity contribution in [2.24, 2.45) is 0 Å². The van der Waals surface area contributed by atoms with E-state index in [1.54, 1.807) is 6.92 Å². The lowest BCUT2D eigenvalue weighted by Gasteiger charge is -2.37. The van der Waals surface area contributed by atoms with Crippen LogP contribution in [0.3, 0.4) is 0 Å². The standard InChI is InChI=1S/C13H22N4O2/c1-10(18)4-5-13-14-12(15-19-13)8-11-9-16(2)6-7-17(11)3/h11H,4-9H2,1-3H3. The lowest BCUT2D eigenvalue weighted by molar-refractivity contribution is -0.117. The Kier molecular flexibility index (Phi) is 4.66. The van der Waals surface area contributed by atoms with Crippen LogP contribution in [-0.2, 0) is 17.6 Å². The van der Waals surface area contributed by atoms with Gasteiger partial charge in [0.15, 0.2) is 5.82 Å². The third-order valence-corrected chi connectivity index (χ3v) is 3.60. The van der Waals surface area contributed by atoms with Crippen LogP contribution in [0.25, 0.3) is 0 Å². The molecule has 1 fully saturated rings. The molecule has 2 heterocycles. The number of hydrogen-bond acceptors (Lipinski definition) is 6. The molecular formula is C13H22N4O2. The first-order chi connectivity index (χ1) is 9.04. The van der Waals surface area contributed by atoms with Crippen LogP contribution in [-0.4, -0.2) is 65.5 Å². The van der Waals surface area contributed by atoms with Gasteiger partial charge in [-0.05, 0) is 21.0 Å². The second-order valence-corrected chi connectivity index (χ2v) is 5.41. The molecule has 1 unspecified atom stereocenters. The zero-order chi connectivity index (χ0) is 13.8. The summed E-state index contributed by atoms with van der Waals surface area (Å²) in [6, 6.07) is 0.428. The number of Topliss-reactive ketones (excluding diaryl/α,β-unsaturated/α-hetero) is 1. The molecule has 0 aliphatic carbocycles. The van der Waals surface area contributed by atoms with Crippen molar-refractivity contribution in [1.29, 1.82) is 0 Å². The van der Waals surface area contributed by atoms with Gasteiger partial charge in [0.1, 0.15) is 5.78 Å². The van der Waals surface area contributed by atoms with Crippen molar-refractivity contribution in [3.8, 4) is 0 Å². The molecule has 1 aliphatic heterocycles. The van der Waals surface area contributed by atoms with Gasteiger partial charge in [0.2, 0.25) is 5.89 Å². The summed E-state index contributed by atoms with van der Waals surface area (Å²) in [7, 11) is 4.27. The number of ketones is 1. The largest absolute Gasteiger partial charge is 0.339 e. The number of likely N-dealkylation sites (N-methyl/N-ethyl adjacent to an activating group) is 2. The van der Waals surface area contributed by atoms with Crippen LogP contribution < -0.4 is 0 Å². The van der Waals surface area contributed by atoms with Gasteiger partial charge in [0, 0.05) is 44.9 Å². The molecule has 0 radical (unpaired) electrons.